The number of rotatable bonds is 4. The molecule has 0 unspecified atom stereocenters. The summed E-state index contributed by atoms with van der Waals surface area (Å²) in [6.07, 6.45) is 5.92. The van der Waals surface area contributed by atoms with Crippen LogP contribution in [0.4, 0.5) is 0 Å². The third kappa shape index (κ3) is 3.39. The Morgan fingerprint density at radius 3 is 2.76 bits per heavy atom. The molecule has 1 fully saturated rings. The maximum atomic E-state index is 5.35. The van der Waals surface area contributed by atoms with Crippen LogP contribution in [0.25, 0.3) is 0 Å². The molecule has 3 heteroatoms. The summed E-state index contributed by atoms with van der Waals surface area (Å²) in [7, 11) is 1.74. The molecule has 0 amide bonds. The number of thioether (sulfide) groups is 1. The van der Waals surface area contributed by atoms with Gasteiger partial charge in [-0.3, -0.25) is 0 Å². The second kappa shape index (κ2) is 6.31. The molecule has 1 aromatic rings. The van der Waals surface area contributed by atoms with Crippen molar-refractivity contribution in [1.29, 1.82) is 0 Å². The fourth-order valence-corrected chi connectivity index (χ4v) is 3.05. The van der Waals surface area contributed by atoms with E-state index in [-0.39, 0.29) is 0 Å². The molecule has 0 radical (unpaired) electrons. The number of ether oxygens (including phenoxy) is 1. The molecule has 1 saturated heterocycles. The Morgan fingerprint density at radius 2 is 2.12 bits per heavy atom. The number of piperidine rings is 1. The molecule has 0 aromatic heterocycles. The van der Waals surface area contributed by atoms with Gasteiger partial charge in [0, 0.05) is 4.90 Å². The van der Waals surface area contributed by atoms with Crippen LogP contribution in [0.2, 0.25) is 0 Å². The van der Waals surface area contributed by atoms with Crippen LogP contribution in [-0.4, -0.2) is 26.5 Å². The van der Waals surface area contributed by atoms with E-state index in [4.69, 9.17) is 4.74 Å². The van der Waals surface area contributed by atoms with Gasteiger partial charge in [0.1, 0.15) is 5.75 Å². The van der Waals surface area contributed by atoms with Crippen molar-refractivity contribution in [3.05, 3.63) is 23.8 Å². The van der Waals surface area contributed by atoms with Gasteiger partial charge >= 0.3 is 0 Å². The number of hydrogen-bond acceptors (Lipinski definition) is 3. The van der Waals surface area contributed by atoms with Crippen LogP contribution >= 0.6 is 11.8 Å². The monoisotopic (exact) mass is 251 g/mol. The highest BCUT2D eigenvalue weighted by Gasteiger charge is 2.14. The van der Waals surface area contributed by atoms with Crippen molar-refractivity contribution in [3.63, 3.8) is 0 Å². The fraction of sp³-hybridized carbons (Fsp3) is 0.571. The SMILES string of the molecule is COc1ccc(CC2CCNCC2)cc1SC. The lowest BCUT2D eigenvalue weighted by Gasteiger charge is -2.22. The summed E-state index contributed by atoms with van der Waals surface area (Å²) in [6, 6.07) is 6.59. The average molecular weight is 251 g/mol. The summed E-state index contributed by atoms with van der Waals surface area (Å²) in [5.41, 5.74) is 1.45. The maximum Gasteiger partial charge on any atom is 0.132 e. The summed E-state index contributed by atoms with van der Waals surface area (Å²) in [6.45, 7) is 2.35. The molecule has 0 saturated carbocycles. The maximum absolute atomic E-state index is 5.35. The summed E-state index contributed by atoms with van der Waals surface area (Å²) >= 11 is 1.76. The molecule has 17 heavy (non-hydrogen) atoms. The zero-order valence-corrected chi connectivity index (χ0v) is 11.5. The smallest absolute Gasteiger partial charge is 0.132 e. The predicted octanol–water partition coefficient (Wildman–Crippen LogP) is 2.96. The molecule has 1 aromatic carbocycles. The summed E-state index contributed by atoms with van der Waals surface area (Å²) in [5, 5.41) is 3.42. The molecule has 1 heterocycles. The highest BCUT2D eigenvalue weighted by Crippen LogP contribution is 2.30. The van der Waals surface area contributed by atoms with Crippen LogP contribution in [-0.2, 0) is 6.42 Å². The molecule has 94 valence electrons. The summed E-state index contributed by atoms with van der Waals surface area (Å²) in [4.78, 5) is 1.25. The molecule has 1 aliphatic rings. The van der Waals surface area contributed by atoms with E-state index in [1.807, 2.05) is 0 Å². The van der Waals surface area contributed by atoms with Crippen molar-refractivity contribution < 1.29 is 4.74 Å². The van der Waals surface area contributed by atoms with Crippen molar-refractivity contribution in [2.75, 3.05) is 26.5 Å². The Kier molecular flexibility index (Phi) is 4.75. The predicted molar refractivity (Wildman–Crippen MR) is 74.1 cm³/mol. The molecule has 1 aliphatic heterocycles. The van der Waals surface area contributed by atoms with Crippen LogP contribution < -0.4 is 10.1 Å². The van der Waals surface area contributed by atoms with Gasteiger partial charge in [0.25, 0.3) is 0 Å². The minimum atomic E-state index is 0.847. The van der Waals surface area contributed by atoms with Gasteiger partial charge in [-0.05, 0) is 62.2 Å². The van der Waals surface area contributed by atoms with Gasteiger partial charge in [-0.25, -0.2) is 0 Å². The molecule has 0 atom stereocenters. The first-order valence-electron chi connectivity index (χ1n) is 6.25. The minimum Gasteiger partial charge on any atom is -0.496 e. The molecule has 0 spiro atoms. The molecule has 0 aliphatic carbocycles. The van der Waals surface area contributed by atoms with Crippen molar-refractivity contribution >= 4 is 11.8 Å². The molecule has 2 nitrogen and oxygen atoms in total. The first-order chi connectivity index (χ1) is 8.33. The van der Waals surface area contributed by atoms with Crippen molar-refractivity contribution in [2.24, 2.45) is 5.92 Å². The van der Waals surface area contributed by atoms with Gasteiger partial charge in [-0.1, -0.05) is 6.07 Å². The fourth-order valence-electron chi connectivity index (χ4n) is 2.43. The van der Waals surface area contributed by atoms with Crippen LogP contribution in [0.15, 0.2) is 23.1 Å². The van der Waals surface area contributed by atoms with E-state index < -0.39 is 0 Å². The van der Waals surface area contributed by atoms with E-state index in [1.165, 1.54) is 42.8 Å². The zero-order chi connectivity index (χ0) is 12.1. The topological polar surface area (TPSA) is 21.3 Å². The number of benzene rings is 1. The number of nitrogens with one attached hydrogen (secondary N) is 1. The molecule has 1 N–H and O–H groups in total. The third-order valence-corrected chi connectivity index (χ3v) is 4.19. The Morgan fingerprint density at radius 1 is 1.35 bits per heavy atom. The Hall–Kier alpha value is -0.670. The van der Waals surface area contributed by atoms with E-state index in [9.17, 15) is 0 Å². The second-order valence-corrected chi connectivity index (χ2v) is 5.43. The minimum absolute atomic E-state index is 0.847. The van der Waals surface area contributed by atoms with Gasteiger partial charge in [0.05, 0.1) is 7.11 Å². The van der Waals surface area contributed by atoms with E-state index in [2.05, 4.69) is 29.8 Å². The molecular weight excluding hydrogens is 230 g/mol. The quantitative estimate of drug-likeness (QED) is 0.831. The van der Waals surface area contributed by atoms with E-state index >= 15 is 0 Å². The van der Waals surface area contributed by atoms with Crippen molar-refractivity contribution in [2.45, 2.75) is 24.2 Å². The zero-order valence-electron chi connectivity index (χ0n) is 10.7. The lowest BCUT2D eigenvalue weighted by molar-refractivity contribution is 0.371. The standard InChI is InChI=1S/C14H21NOS/c1-16-13-4-3-12(10-14(13)17-2)9-11-5-7-15-8-6-11/h3-4,10-11,15H,5-9H2,1-2H3. The van der Waals surface area contributed by atoms with E-state index in [0.29, 0.717) is 0 Å². The van der Waals surface area contributed by atoms with Crippen LogP contribution in [0.5, 0.6) is 5.75 Å². The van der Waals surface area contributed by atoms with Crippen molar-refractivity contribution in [3.8, 4) is 5.75 Å². The van der Waals surface area contributed by atoms with Gasteiger partial charge in [-0.15, -0.1) is 11.8 Å². The van der Waals surface area contributed by atoms with Crippen molar-refractivity contribution in [1.82, 2.24) is 5.32 Å². The Balaban J connectivity index is 2.05. The van der Waals surface area contributed by atoms with E-state index in [1.54, 1.807) is 18.9 Å². The normalized spacial score (nSPS) is 17.1. The largest absolute Gasteiger partial charge is 0.496 e. The van der Waals surface area contributed by atoms with Gasteiger partial charge < -0.3 is 10.1 Å². The average Bonchev–Trinajstić information content (AvgIpc) is 2.40. The lowest BCUT2D eigenvalue weighted by Crippen LogP contribution is -2.28. The molecular formula is C14H21NOS. The summed E-state index contributed by atoms with van der Waals surface area (Å²) in [5.74, 6) is 1.84. The van der Waals surface area contributed by atoms with Crippen LogP contribution in [0.3, 0.4) is 0 Å². The highest BCUT2D eigenvalue weighted by molar-refractivity contribution is 7.98. The van der Waals surface area contributed by atoms with Gasteiger partial charge in [0.2, 0.25) is 0 Å². The second-order valence-electron chi connectivity index (χ2n) is 4.59. The molecule has 0 bridgehead atoms. The van der Waals surface area contributed by atoms with E-state index in [0.717, 1.165) is 11.7 Å². The number of hydrogen-bond donors (Lipinski definition) is 1. The van der Waals surface area contributed by atoms with Gasteiger partial charge in [-0.2, -0.15) is 0 Å². The Bertz CT molecular complexity index is 361. The van der Waals surface area contributed by atoms with Crippen LogP contribution in [0, 0.1) is 5.92 Å². The number of methoxy groups -OCH3 is 1. The third-order valence-electron chi connectivity index (χ3n) is 3.43. The summed E-state index contributed by atoms with van der Waals surface area (Å²) < 4.78 is 5.35. The molecule has 2 rings (SSSR count). The first kappa shape index (κ1) is 12.8. The highest BCUT2D eigenvalue weighted by atomic mass is 32.2. The lowest BCUT2D eigenvalue weighted by atomic mass is 9.91. The Labute approximate surface area is 108 Å². The first-order valence-corrected chi connectivity index (χ1v) is 7.47. The van der Waals surface area contributed by atoms with Crippen LogP contribution in [0.1, 0.15) is 18.4 Å². The van der Waals surface area contributed by atoms with Gasteiger partial charge in [0.15, 0.2) is 0 Å².